The van der Waals surface area contributed by atoms with Crippen molar-refractivity contribution in [3.63, 3.8) is 0 Å². The minimum Gasteiger partial charge on any atom is -0.343 e. The zero-order valence-corrected chi connectivity index (χ0v) is 13.3. The van der Waals surface area contributed by atoms with Gasteiger partial charge in [-0.3, -0.25) is 4.98 Å². The molecule has 2 aromatic heterocycles. The van der Waals surface area contributed by atoms with Gasteiger partial charge in [0.15, 0.2) is 5.82 Å². The molecule has 118 valence electrons. The van der Waals surface area contributed by atoms with E-state index in [1.54, 1.807) is 24.8 Å². The number of hydrogen-bond acceptors (Lipinski definition) is 5. The molecule has 0 aliphatic carbocycles. The van der Waals surface area contributed by atoms with Crippen LogP contribution in [-0.2, 0) is 10.2 Å². The summed E-state index contributed by atoms with van der Waals surface area (Å²) in [5.41, 5.74) is 1.30. The molecule has 0 saturated carbocycles. The van der Waals surface area contributed by atoms with E-state index in [1.807, 2.05) is 0 Å². The standard InChI is InChI=1S/C13H18N6O2S/c1-18(2)22(20,21)19-7-3-4-12(19)10-8-17-11(9-16-10)13-14-5-6-15-13/h5-6,8-9,12H,3-4,7H2,1-2H3,(H,14,15)/t12-/m1/s1. The Morgan fingerprint density at radius 3 is 2.68 bits per heavy atom. The molecule has 8 nitrogen and oxygen atoms in total. The number of rotatable bonds is 4. The molecular weight excluding hydrogens is 304 g/mol. The summed E-state index contributed by atoms with van der Waals surface area (Å²) in [5, 5.41) is 0. The summed E-state index contributed by atoms with van der Waals surface area (Å²) < 4.78 is 27.4. The van der Waals surface area contributed by atoms with E-state index in [9.17, 15) is 8.42 Å². The number of hydrogen-bond donors (Lipinski definition) is 1. The highest BCUT2D eigenvalue weighted by Gasteiger charge is 2.37. The van der Waals surface area contributed by atoms with Crippen molar-refractivity contribution < 1.29 is 8.42 Å². The third-order valence-corrected chi connectivity index (χ3v) is 5.67. The summed E-state index contributed by atoms with van der Waals surface area (Å²) in [5.74, 6) is 0.642. The van der Waals surface area contributed by atoms with Gasteiger partial charge in [0.1, 0.15) is 5.69 Å². The van der Waals surface area contributed by atoms with Crippen LogP contribution in [0.5, 0.6) is 0 Å². The van der Waals surface area contributed by atoms with E-state index < -0.39 is 10.2 Å². The maximum absolute atomic E-state index is 12.4. The van der Waals surface area contributed by atoms with Gasteiger partial charge < -0.3 is 4.98 Å². The second kappa shape index (κ2) is 5.75. The molecule has 1 aliphatic heterocycles. The van der Waals surface area contributed by atoms with Gasteiger partial charge in [-0.2, -0.15) is 17.0 Å². The summed E-state index contributed by atoms with van der Waals surface area (Å²) in [4.78, 5) is 15.8. The first-order valence-corrected chi connectivity index (χ1v) is 8.41. The van der Waals surface area contributed by atoms with E-state index in [1.165, 1.54) is 22.7 Å². The Kier molecular flexibility index (Phi) is 3.94. The molecule has 0 unspecified atom stereocenters. The van der Waals surface area contributed by atoms with E-state index in [2.05, 4.69) is 19.9 Å². The Labute approximate surface area is 129 Å². The Bertz CT molecular complexity index is 726. The highest BCUT2D eigenvalue weighted by Crippen LogP contribution is 2.33. The van der Waals surface area contributed by atoms with Gasteiger partial charge in [0.2, 0.25) is 0 Å². The molecule has 1 saturated heterocycles. The second-order valence-electron chi connectivity index (χ2n) is 5.32. The highest BCUT2D eigenvalue weighted by atomic mass is 32.2. The van der Waals surface area contributed by atoms with Crippen LogP contribution in [0.15, 0.2) is 24.8 Å². The quantitative estimate of drug-likeness (QED) is 0.899. The number of imidazole rings is 1. The third-order valence-electron chi connectivity index (χ3n) is 3.72. The maximum atomic E-state index is 12.4. The molecular formula is C13H18N6O2S. The predicted molar refractivity (Wildman–Crippen MR) is 80.9 cm³/mol. The topological polar surface area (TPSA) is 95.1 Å². The summed E-state index contributed by atoms with van der Waals surface area (Å²) >= 11 is 0. The number of H-pyrrole nitrogens is 1. The molecule has 1 N–H and O–H groups in total. The van der Waals surface area contributed by atoms with Crippen molar-refractivity contribution in [2.24, 2.45) is 0 Å². The smallest absolute Gasteiger partial charge is 0.282 e. The normalized spacial score (nSPS) is 19.9. The zero-order valence-electron chi connectivity index (χ0n) is 12.5. The fourth-order valence-electron chi connectivity index (χ4n) is 2.56. The summed E-state index contributed by atoms with van der Waals surface area (Å²) in [6.07, 6.45) is 8.18. The fraction of sp³-hybridized carbons (Fsp3) is 0.462. The van der Waals surface area contributed by atoms with Crippen molar-refractivity contribution in [1.82, 2.24) is 28.5 Å². The average molecular weight is 322 g/mol. The van der Waals surface area contributed by atoms with E-state index in [-0.39, 0.29) is 6.04 Å². The highest BCUT2D eigenvalue weighted by molar-refractivity contribution is 7.86. The predicted octanol–water partition coefficient (Wildman–Crippen LogP) is 0.810. The molecule has 9 heteroatoms. The van der Waals surface area contributed by atoms with Gasteiger partial charge in [0.25, 0.3) is 10.2 Å². The lowest BCUT2D eigenvalue weighted by molar-refractivity contribution is 0.357. The van der Waals surface area contributed by atoms with Gasteiger partial charge >= 0.3 is 0 Å². The monoisotopic (exact) mass is 322 g/mol. The molecule has 3 heterocycles. The van der Waals surface area contributed by atoms with Crippen LogP contribution in [0.25, 0.3) is 11.5 Å². The van der Waals surface area contributed by atoms with Crippen molar-refractivity contribution in [2.45, 2.75) is 18.9 Å². The van der Waals surface area contributed by atoms with Gasteiger partial charge in [0, 0.05) is 33.0 Å². The van der Waals surface area contributed by atoms with Gasteiger partial charge in [-0.15, -0.1) is 0 Å². The molecule has 1 atom stereocenters. The third kappa shape index (κ3) is 2.62. The number of nitrogens with one attached hydrogen (secondary N) is 1. The van der Waals surface area contributed by atoms with Crippen LogP contribution in [0.4, 0.5) is 0 Å². The van der Waals surface area contributed by atoms with Crippen molar-refractivity contribution >= 4 is 10.2 Å². The summed E-state index contributed by atoms with van der Waals surface area (Å²) in [6.45, 7) is 0.507. The lowest BCUT2D eigenvalue weighted by atomic mass is 10.2. The summed E-state index contributed by atoms with van der Waals surface area (Å²) in [6, 6.07) is -0.259. The van der Waals surface area contributed by atoms with Crippen LogP contribution < -0.4 is 0 Å². The maximum Gasteiger partial charge on any atom is 0.282 e. The largest absolute Gasteiger partial charge is 0.343 e. The molecule has 0 spiro atoms. The van der Waals surface area contributed by atoms with Gasteiger partial charge in [-0.25, -0.2) is 9.97 Å². The Morgan fingerprint density at radius 1 is 1.27 bits per heavy atom. The van der Waals surface area contributed by atoms with Crippen LogP contribution in [0.1, 0.15) is 24.6 Å². The number of aromatic amines is 1. The SMILES string of the molecule is CN(C)S(=O)(=O)N1CCC[C@@H]1c1cnc(-c2ncc[nH]2)cn1. The van der Waals surface area contributed by atoms with Crippen molar-refractivity contribution in [1.29, 1.82) is 0 Å². The van der Waals surface area contributed by atoms with Crippen molar-refractivity contribution in [3.05, 3.63) is 30.5 Å². The molecule has 22 heavy (non-hydrogen) atoms. The van der Waals surface area contributed by atoms with E-state index >= 15 is 0 Å². The first-order valence-electron chi connectivity index (χ1n) is 7.01. The Hall–Kier alpha value is -1.84. The average Bonchev–Trinajstić information content (AvgIpc) is 3.19. The second-order valence-corrected chi connectivity index (χ2v) is 7.42. The van der Waals surface area contributed by atoms with Crippen LogP contribution in [0.3, 0.4) is 0 Å². The lowest BCUT2D eigenvalue weighted by Crippen LogP contribution is -2.39. The molecule has 3 rings (SSSR count). The van der Waals surface area contributed by atoms with Crippen molar-refractivity contribution in [2.75, 3.05) is 20.6 Å². The summed E-state index contributed by atoms with van der Waals surface area (Å²) in [7, 11) is -0.371. The van der Waals surface area contributed by atoms with E-state index in [0.717, 1.165) is 12.8 Å². The Balaban J connectivity index is 1.87. The van der Waals surface area contributed by atoms with E-state index in [4.69, 9.17) is 0 Å². The minimum absolute atomic E-state index is 0.259. The van der Waals surface area contributed by atoms with Crippen molar-refractivity contribution in [3.8, 4) is 11.5 Å². The van der Waals surface area contributed by atoms with Gasteiger partial charge in [-0.05, 0) is 12.8 Å². The molecule has 1 aliphatic rings. The zero-order chi connectivity index (χ0) is 15.7. The first-order chi connectivity index (χ1) is 10.5. The molecule has 2 aromatic rings. The first kappa shape index (κ1) is 15.1. The number of nitrogens with zero attached hydrogens (tertiary/aromatic N) is 5. The molecule has 0 bridgehead atoms. The molecule has 0 aromatic carbocycles. The molecule has 1 fully saturated rings. The van der Waals surface area contributed by atoms with Crippen LogP contribution in [0, 0.1) is 0 Å². The number of aromatic nitrogens is 4. The van der Waals surface area contributed by atoms with Gasteiger partial charge in [0.05, 0.1) is 24.1 Å². The minimum atomic E-state index is -3.45. The fourth-order valence-corrected chi connectivity index (χ4v) is 3.87. The molecule has 0 radical (unpaired) electrons. The Morgan fingerprint density at radius 2 is 2.09 bits per heavy atom. The van der Waals surface area contributed by atoms with Crippen LogP contribution in [-0.4, -0.2) is 57.6 Å². The van der Waals surface area contributed by atoms with Gasteiger partial charge in [-0.1, -0.05) is 0 Å². The lowest BCUT2D eigenvalue weighted by Gasteiger charge is -2.26. The van der Waals surface area contributed by atoms with Crippen LogP contribution >= 0.6 is 0 Å². The van der Waals surface area contributed by atoms with Crippen LogP contribution in [0.2, 0.25) is 0 Å². The molecule has 0 amide bonds. The van der Waals surface area contributed by atoms with E-state index in [0.29, 0.717) is 23.8 Å².